The summed E-state index contributed by atoms with van der Waals surface area (Å²) in [6.07, 6.45) is 10.0. The third-order valence-electron chi connectivity index (χ3n) is 5.22. The summed E-state index contributed by atoms with van der Waals surface area (Å²) in [5.74, 6) is 1.97. The second-order valence-electron chi connectivity index (χ2n) is 7.40. The molecule has 3 heteroatoms. The molecule has 0 bridgehead atoms. The van der Waals surface area contributed by atoms with Gasteiger partial charge in [-0.05, 0) is 62.0 Å². The van der Waals surface area contributed by atoms with Crippen LogP contribution in [0, 0.1) is 11.8 Å². The Kier molecular flexibility index (Phi) is 4.11. The van der Waals surface area contributed by atoms with Gasteiger partial charge in [0, 0.05) is 36.6 Å². The number of amides is 1. The van der Waals surface area contributed by atoms with Gasteiger partial charge in [-0.1, -0.05) is 18.2 Å². The van der Waals surface area contributed by atoms with Crippen LogP contribution in [0.4, 0.5) is 0 Å². The number of aromatic nitrogens is 1. The minimum atomic E-state index is 0.378. The molecular formula is C20H26N2O. The van der Waals surface area contributed by atoms with Crippen molar-refractivity contribution in [2.45, 2.75) is 44.9 Å². The number of rotatable bonds is 8. The van der Waals surface area contributed by atoms with Crippen molar-refractivity contribution in [3.8, 4) is 0 Å². The van der Waals surface area contributed by atoms with Crippen molar-refractivity contribution in [2.24, 2.45) is 11.8 Å². The number of benzene rings is 1. The van der Waals surface area contributed by atoms with Crippen molar-refractivity contribution in [1.82, 2.24) is 9.88 Å². The molecule has 1 amide bonds. The lowest BCUT2D eigenvalue weighted by Gasteiger charge is -2.22. The fourth-order valence-corrected chi connectivity index (χ4v) is 3.43. The monoisotopic (exact) mass is 310 g/mol. The van der Waals surface area contributed by atoms with Gasteiger partial charge in [0.15, 0.2) is 0 Å². The van der Waals surface area contributed by atoms with Crippen LogP contribution in [-0.2, 0) is 11.2 Å². The maximum absolute atomic E-state index is 12.6. The van der Waals surface area contributed by atoms with E-state index in [9.17, 15) is 4.79 Å². The second-order valence-corrected chi connectivity index (χ2v) is 7.40. The third-order valence-corrected chi connectivity index (χ3v) is 5.22. The van der Waals surface area contributed by atoms with Crippen LogP contribution in [0.2, 0.25) is 0 Å². The smallest absolute Gasteiger partial charge is 0.222 e. The topological polar surface area (TPSA) is 36.1 Å². The highest BCUT2D eigenvalue weighted by molar-refractivity contribution is 5.83. The van der Waals surface area contributed by atoms with E-state index in [1.165, 1.54) is 42.1 Å². The van der Waals surface area contributed by atoms with Crippen molar-refractivity contribution >= 4 is 16.8 Å². The van der Waals surface area contributed by atoms with E-state index < -0.39 is 0 Å². The van der Waals surface area contributed by atoms with Crippen LogP contribution in [0.3, 0.4) is 0 Å². The predicted molar refractivity (Wildman–Crippen MR) is 93.3 cm³/mol. The number of para-hydroxylation sites is 1. The molecule has 2 fully saturated rings. The summed E-state index contributed by atoms with van der Waals surface area (Å²) >= 11 is 0. The normalized spacial score (nSPS) is 17.6. The van der Waals surface area contributed by atoms with Gasteiger partial charge in [-0.25, -0.2) is 0 Å². The molecule has 2 saturated carbocycles. The minimum absolute atomic E-state index is 0.378. The Hall–Kier alpha value is -1.77. The highest BCUT2D eigenvalue weighted by Crippen LogP contribution is 2.34. The molecule has 1 aromatic carbocycles. The maximum Gasteiger partial charge on any atom is 0.222 e. The van der Waals surface area contributed by atoms with Gasteiger partial charge in [-0.3, -0.25) is 4.79 Å². The first-order valence-corrected chi connectivity index (χ1v) is 9.12. The second kappa shape index (κ2) is 6.38. The molecule has 0 spiro atoms. The molecule has 3 nitrogen and oxygen atoms in total. The van der Waals surface area contributed by atoms with Crippen LogP contribution in [0.5, 0.6) is 0 Å². The van der Waals surface area contributed by atoms with Gasteiger partial charge in [-0.15, -0.1) is 0 Å². The summed E-state index contributed by atoms with van der Waals surface area (Å²) in [4.78, 5) is 18.1. The minimum Gasteiger partial charge on any atom is -0.361 e. The molecule has 2 aromatic rings. The van der Waals surface area contributed by atoms with E-state index in [-0.39, 0.29) is 0 Å². The van der Waals surface area contributed by atoms with Gasteiger partial charge < -0.3 is 9.88 Å². The van der Waals surface area contributed by atoms with Crippen molar-refractivity contribution in [2.75, 3.05) is 13.1 Å². The molecule has 1 heterocycles. The summed E-state index contributed by atoms with van der Waals surface area (Å²) in [6.45, 7) is 2.03. The molecule has 1 aromatic heterocycles. The number of H-pyrrole nitrogens is 1. The van der Waals surface area contributed by atoms with Crippen LogP contribution >= 0.6 is 0 Å². The van der Waals surface area contributed by atoms with Crippen molar-refractivity contribution < 1.29 is 4.79 Å². The van der Waals surface area contributed by atoms with E-state index >= 15 is 0 Å². The zero-order chi connectivity index (χ0) is 15.6. The molecule has 23 heavy (non-hydrogen) atoms. The third kappa shape index (κ3) is 3.77. The van der Waals surface area contributed by atoms with Gasteiger partial charge in [0.2, 0.25) is 5.91 Å². The van der Waals surface area contributed by atoms with Crippen LogP contribution in [0.25, 0.3) is 10.9 Å². The average Bonchev–Trinajstić information content (AvgIpc) is 3.49. The molecule has 122 valence electrons. The van der Waals surface area contributed by atoms with E-state index in [0.717, 1.165) is 37.8 Å². The van der Waals surface area contributed by atoms with Crippen LogP contribution in [0.15, 0.2) is 30.5 Å². The predicted octanol–water partition coefficient (Wildman–Crippen LogP) is 4.14. The maximum atomic E-state index is 12.6. The van der Waals surface area contributed by atoms with Gasteiger partial charge >= 0.3 is 0 Å². The summed E-state index contributed by atoms with van der Waals surface area (Å²) in [5, 5.41) is 1.30. The number of nitrogens with zero attached hydrogens (tertiary/aromatic N) is 1. The molecule has 1 N–H and O–H groups in total. The average molecular weight is 310 g/mol. The number of carbonyl (C=O) groups is 1. The summed E-state index contributed by atoms with van der Waals surface area (Å²) < 4.78 is 0. The number of aromatic amines is 1. The lowest BCUT2D eigenvalue weighted by atomic mass is 10.1. The zero-order valence-electron chi connectivity index (χ0n) is 13.8. The van der Waals surface area contributed by atoms with Crippen LogP contribution < -0.4 is 0 Å². The Morgan fingerprint density at radius 1 is 1.09 bits per heavy atom. The number of aryl methyl sites for hydroxylation is 1. The number of fused-ring (bicyclic) bond motifs is 1. The number of carbonyl (C=O) groups excluding carboxylic acids is 1. The molecule has 2 aliphatic rings. The number of nitrogens with one attached hydrogen (secondary N) is 1. The van der Waals surface area contributed by atoms with E-state index in [4.69, 9.17) is 0 Å². The molecule has 0 atom stereocenters. The quantitative estimate of drug-likeness (QED) is 0.781. The fraction of sp³-hybridized carbons (Fsp3) is 0.550. The molecule has 0 radical (unpaired) electrons. The van der Waals surface area contributed by atoms with Crippen molar-refractivity contribution in [3.63, 3.8) is 0 Å². The van der Waals surface area contributed by atoms with Gasteiger partial charge in [0.05, 0.1) is 0 Å². The molecule has 0 unspecified atom stereocenters. The first-order valence-electron chi connectivity index (χ1n) is 9.12. The Morgan fingerprint density at radius 2 is 1.78 bits per heavy atom. The Labute approximate surface area is 138 Å². The number of hydrogen-bond donors (Lipinski definition) is 1. The van der Waals surface area contributed by atoms with E-state index in [1.54, 1.807) is 0 Å². The number of hydrogen-bond acceptors (Lipinski definition) is 1. The lowest BCUT2D eigenvalue weighted by molar-refractivity contribution is -0.131. The van der Waals surface area contributed by atoms with Gasteiger partial charge in [-0.2, -0.15) is 0 Å². The van der Waals surface area contributed by atoms with Gasteiger partial charge in [0.25, 0.3) is 0 Å². The molecule has 4 rings (SSSR count). The zero-order valence-corrected chi connectivity index (χ0v) is 13.8. The van der Waals surface area contributed by atoms with Crippen molar-refractivity contribution in [3.05, 3.63) is 36.0 Å². The Bertz CT molecular complexity index is 668. The highest BCUT2D eigenvalue weighted by atomic mass is 16.2. The van der Waals surface area contributed by atoms with Crippen LogP contribution in [-0.4, -0.2) is 28.9 Å². The SMILES string of the molecule is O=C(CCCc1c[nH]c2ccccc12)N(CC1CC1)CC1CC1. The summed E-state index contributed by atoms with van der Waals surface area (Å²) in [6, 6.07) is 8.41. The first kappa shape index (κ1) is 14.8. The molecule has 0 aliphatic heterocycles. The van der Waals surface area contributed by atoms with Crippen molar-refractivity contribution in [1.29, 1.82) is 0 Å². The van der Waals surface area contributed by atoms with E-state index in [1.807, 2.05) is 0 Å². The van der Waals surface area contributed by atoms with E-state index in [0.29, 0.717) is 12.3 Å². The van der Waals surface area contributed by atoms with Crippen LogP contribution in [0.1, 0.15) is 44.1 Å². The summed E-state index contributed by atoms with van der Waals surface area (Å²) in [5.41, 5.74) is 2.53. The first-order chi connectivity index (χ1) is 11.3. The molecule has 0 saturated heterocycles. The standard InChI is InChI=1S/C20H26N2O/c23-20(22(13-15-8-9-15)14-16-10-11-16)7-3-4-17-12-21-19-6-2-1-5-18(17)19/h1-2,5-6,12,15-16,21H,3-4,7-11,13-14H2. The van der Waals surface area contributed by atoms with E-state index in [2.05, 4.69) is 40.3 Å². The fourth-order valence-electron chi connectivity index (χ4n) is 3.43. The Morgan fingerprint density at radius 3 is 2.48 bits per heavy atom. The molecule has 2 aliphatic carbocycles. The molecular weight excluding hydrogens is 284 g/mol. The van der Waals surface area contributed by atoms with Gasteiger partial charge in [0.1, 0.15) is 0 Å². The largest absolute Gasteiger partial charge is 0.361 e. The summed E-state index contributed by atoms with van der Waals surface area (Å²) in [7, 11) is 0. The highest BCUT2D eigenvalue weighted by Gasteiger charge is 2.31. The lowest BCUT2D eigenvalue weighted by Crippen LogP contribution is -2.34. The Balaban J connectivity index is 1.31.